The zero-order chi connectivity index (χ0) is 14.3. The number of nitrogen functional groups attached to an aromatic ring is 1. The molecule has 1 aromatic carbocycles. The highest BCUT2D eigenvalue weighted by molar-refractivity contribution is 6.01. The molecule has 0 unspecified atom stereocenters. The second kappa shape index (κ2) is 7.38. The van der Waals surface area contributed by atoms with E-state index in [2.05, 4.69) is 16.1 Å². The molecule has 104 valence electrons. The number of para-hydroxylation sites is 1. The Kier molecular flexibility index (Phi) is 5.81. The third-order valence-corrected chi connectivity index (χ3v) is 2.44. The summed E-state index contributed by atoms with van der Waals surface area (Å²) in [5.41, 5.74) is 3.36. The Morgan fingerprint density at radius 3 is 2.53 bits per heavy atom. The molecule has 0 aliphatic rings. The van der Waals surface area contributed by atoms with Gasteiger partial charge in [0.05, 0.1) is 17.8 Å². The van der Waals surface area contributed by atoms with Crippen LogP contribution in [0.1, 0.15) is 24.2 Å². The molecule has 1 rings (SSSR count). The minimum atomic E-state index is -0.340. The van der Waals surface area contributed by atoms with E-state index >= 15 is 0 Å². The number of nitrogens with one attached hydrogen (secondary N) is 3. The second-order valence-corrected chi connectivity index (χ2v) is 4.57. The van der Waals surface area contributed by atoms with E-state index in [4.69, 9.17) is 5.84 Å². The van der Waals surface area contributed by atoms with Crippen LogP contribution in [-0.2, 0) is 4.79 Å². The average molecular weight is 264 g/mol. The lowest BCUT2D eigenvalue weighted by Crippen LogP contribution is -2.38. The van der Waals surface area contributed by atoms with Crippen molar-refractivity contribution >= 4 is 17.5 Å². The first kappa shape index (κ1) is 15.0. The van der Waals surface area contributed by atoms with Crippen molar-refractivity contribution in [2.75, 3.05) is 18.5 Å². The maximum atomic E-state index is 11.9. The summed E-state index contributed by atoms with van der Waals surface area (Å²) in [5.74, 6) is 5.15. The highest BCUT2D eigenvalue weighted by Crippen LogP contribution is 2.12. The van der Waals surface area contributed by atoms with Gasteiger partial charge in [-0.2, -0.15) is 0 Å². The van der Waals surface area contributed by atoms with Gasteiger partial charge in [0.15, 0.2) is 0 Å². The molecule has 5 N–H and O–H groups in total. The highest BCUT2D eigenvalue weighted by atomic mass is 16.2. The molecule has 19 heavy (non-hydrogen) atoms. The molecule has 2 amide bonds. The summed E-state index contributed by atoms with van der Waals surface area (Å²) >= 11 is 0. The van der Waals surface area contributed by atoms with Crippen LogP contribution in [0.2, 0.25) is 0 Å². The van der Waals surface area contributed by atoms with E-state index in [1.807, 2.05) is 13.8 Å². The van der Waals surface area contributed by atoms with E-state index in [9.17, 15) is 9.59 Å². The molecule has 0 heterocycles. The van der Waals surface area contributed by atoms with Crippen molar-refractivity contribution in [2.24, 2.45) is 11.8 Å². The third-order valence-electron chi connectivity index (χ3n) is 2.44. The van der Waals surface area contributed by atoms with Crippen molar-refractivity contribution in [3.63, 3.8) is 0 Å². The molecule has 0 bridgehead atoms. The summed E-state index contributed by atoms with van der Waals surface area (Å²) in [6.07, 6.45) is 0. The normalized spacial score (nSPS) is 10.1. The number of hydrogen-bond donors (Lipinski definition) is 4. The Hall–Kier alpha value is -2.08. The van der Waals surface area contributed by atoms with Gasteiger partial charge in [-0.3, -0.25) is 15.4 Å². The molecule has 0 radical (unpaired) electrons. The van der Waals surface area contributed by atoms with Gasteiger partial charge in [-0.25, -0.2) is 0 Å². The molecule has 0 saturated heterocycles. The van der Waals surface area contributed by atoms with Crippen molar-refractivity contribution in [3.05, 3.63) is 29.8 Å². The molecule has 6 nitrogen and oxygen atoms in total. The van der Waals surface area contributed by atoms with E-state index in [-0.39, 0.29) is 18.4 Å². The number of rotatable bonds is 6. The van der Waals surface area contributed by atoms with E-state index in [0.29, 0.717) is 23.7 Å². The molecular formula is C13H20N4O2. The number of nitrogens with two attached hydrogens (primary N) is 1. The molecule has 0 aliphatic heterocycles. The van der Waals surface area contributed by atoms with Crippen molar-refractivity contribution < 1.29 is 9.59 Å². The minimum Gasteiger partial charge on any atom is -0.354 e. The lowest BCUT2D eigenvalue weighted by Gasteiger charge is -2.10. The monoisotopic (exact) mass is 264 g/mol. The predicted molar refractivity (Wildman–Crippen MR) is 74.4 cm³/mol. The number of anilines is 1. The molecule has 0 spiro atoms. The molecule has 0 saturated carbocycles. The van der Waals surface area contributed by atoms with Gasteiger partial charge in [0, 0.05) is 6.54 Å². The summed E-state index contributed by atoms with van der Waals surface area (Å²) in [6.45, 7) is 4.55. The average Bonchev–Trinajstić information content (AvgIpc) is 2.42. The molecule has 0 aromatic heterocycles. The minimum absolute atomic E-state index is 0.0511. The van der Waals surface area contributed by atoms with Gasteiger partial charge in [0.2, 0.25) is 5.91 Å². The molecular weight excluding hydrogens is 244 g/mol. The van der Waals surface area contributed by atoms with E-state index in [1.165, 1.54) is 0 Å². The maximum absolute atomic E-state index is 11.9. The largest absolute Gasteiger partial charge is 0.354 e. The van der Waals surface area contributed by atoms with Crippen LogP contribution in [-0.4, -0.2) is 24.9 Å². The van der Waals surface area contributed by atoms with Crippen LogP contribution in [0, 0.1) is 5.92 Å². The Labute approximate surface area is 112 Å². The summed E-state index contributed by atoms with van der Waals surface area (Å²) in [4.78, 5) is 23.4. The Bertz CT molecular complexity index is 446. The van der Waals surface area contributed by atoms with E-state index in [0.717, 1.165) is 0 Å². The Balaban J connectivity index is 2.49. The fourth-order valence-electron chi connectivity index (χ4n) is 1.44. The molecule has 6 heteroatoms. The molecule has 0 aliphatic carbocycles. The molecule has 1 aromatic rings. The summed E-state index contributed by atoms with van der Waals surface area (Å²) in [5, 5.41) is 5.27. The molecule has 0 fully saturated rings. The summed E-state index contributed by atoms with van der Waals surface area (Å²) < 4.78 is 0. The standard InChI is InChI=1S/C13H20N4O2/c1-9(2)7-15-12(18)8-16-13(19)10-5-3-4-6-11(10)17-14/h3-6,9,17H,7-8,14H2,1-2H3,(H,15,18)(H,16,19). The number of amides is 2. The van der Waals surface area contributed by atoms with Gasteiger partial charge in [-0.05, 0) is 18.1 Å². The first-order valence-electron chi connectivity index (χ1n) is 6.15. The van der Waals surface area contributed by atoms with Crippen LogP contribution in [0.15, 0.2) is 24.3 Å². The van der Waals surface area contributed by atoms with Gasteiger partial charge in [0.25, 0.3) is 5.91 Å². The van der Waals surface area contributed by atoms with Gasteiger partial charge in [-0.15, -0.1) is 0 Å². The topological polar surface area (TPSA) is 96.2 Å². The lowest BCUT2D eigenvalue weighted by molar-refractivity contribution is -0.120. The van der Waals surface area contributed by atoms with Crippen LogP contribution in [0.3, 0.4) is 0 Å². The van der Waals surface area contributed by atoms with Crippen molar-refractivity contribution in [2.45, 2.75) is 13.8 Å². The van der Waals surface area contributed by atoms with Crippen LogP contribution < -0.4 is 21.9 Å². The van der Waals surface area contributed by atoms with E-state index < -0.39 is 0 Å². The smallest absolute Gasteiger partial charge is 0.253 e. The highest BCUT2D eigenvalue weighted by Gasteiger charge is 2.11. The Morgan fingerprint density at radius 2 is 1.89 bits per heavy atom. The first-order valence-corrected chi connectivity index (χ1v) is 6.15. The van der Waals surface area contributed by atoms with Gasteiger partial charge in [-0.1, -0.05) is 26.0 Å². The number of carbonyl (C=O) groups is 2. The zero-order valence-corrected chi connectivity index (χ0v) is 11.2. The van der Waals surface area contributed by atoms with Gasteiger partial charge < -0.3 is 16.1 Å². The third kappa shape index (κ3) is 4.97. The second-order valence-electron chi connectivity index (χ2n) is 4.57. The first-order chi connectivity index (χ1) is 9.04. The summed E-state index contributed by atoms with van der Waals surface area (Å²) in [6, 6.07) is 6.82. The Morgan fingerprint density at radius 1 is 1.21 bits per heavy atom. The van der Waals surface area contributed by atoms with Gasteiger partial charge in [0.1, 0.15) is 0 Å². The van der Waals surface area contributed by atoms with Crippen molar-refractivity contribution in [1.82, 2.24) is 10.6 Å². The fraction of sp³-hybridized carbons (Fsp3) is 0.385. The SMILES string of the molecule is CC(C)CNC(=O)CNC(=O)c1ccccc1NN. The molecule has 0 atom stereocenters. The van der Waals surface area contributed by atoms with Crippen molar-refractivity contribution in [1.29, 1.82) is 0 Å². The van der Waals surface area contributed by atoms with Crippen LogP contribution >= 0.6 is 0 Å². The van der Waals surface area contributed by atoms with E-state index in [1.54, 1.807) is 24.3 Å². The van der Waals surface area contributed by atoms with Crippen LogP contribution in [0.25, 0.3) is 0 Å². The fourth-order valence-corrected chi connectivity index (χ4v) is 1.44. The predicted octanol–water partition coefficient (Wildman–Crippen LogP) is 0.474. The van der Waals surface area contributed by atoms with Crippen LogP contribution in [0.4, 0.5) is 5.69 Å². The lowest BCUT2D eigenvalue weighted by atomic mass is 10.1. The van der Waals surface area contributed by atoms with Gasteiger partial charge >= 0.3 is 0 Å². The number of hydrazine groups is 1. The summed E-state index contributed by atoms with van der Waals surface area (Å²) in [7, 11) is 0. The number of carbonyl (C=O) groups excluding carboxylic acids is 2. The van der Waals surface area contributed by atoms with Crippen LogP contribution in [0.5, 0.6) is 0 Å². The maximum Gasteiger partial charge on any atom is 0.253 e. The number of benzene rings is 1. The number of hydrogen-bond acceptors (Lipinski definition) is 4. The zero-order valence-electron chi connectivity index (χ0n) is 11.2. The van der Waals surface area contributed by atoms with Crippen molar-refractivity contribution in [3.8, 4) is 0 Å². The quantitative estimate of drug-likeness (QED) is 0.444.